The van der Waals surface area contributed by atoms with Gasteiger partial charge in [0.2, 0.25) is 0 Å². The van der Waals surface area contributed by atoms with Crippen molar-refractivity contribution in [1.82, 2.24) is 0 Å². The largest absolute Gasteiger partial charge is 0.371 e. The van der Waals surface area contributed by atoms with E-state index < -0.39 is 12.0 Å². The normalized spacial score (nSPS) is 27.6. The van der Waals surface area contributed by atoms with Crippen molar-refractivity contribution < 1.29 is 13.6 Å². The van der Waals surface area contributed by atoms with E-state index in [0.29, 0.717) is 12.1 Å². The molecule has 0 saturated carbocycles. The van der Waals surface area contributed by atoms with Crippen LogP contribution in [0.3, 0.4) is 0 Å². The zero-order valence-corrected chi connectivity index (χ0v) is 15.7. The lowest BCUT2D eigenvalue weighted by atomic mass is 9.88. The number of carbonyl (C=O) groups excluding carboxylic acids is 1. The minimum atomic E-state index is -1.29. The molecule has 1 aromatic carbocycles. The second kappa shape index (κ2) is 7.02. The molecule has 1 saturated heterocycles. The molecule has 3 nitrogen and oxygen atoms in total. The molecule has 1 aliphatic carbocycles. The SMILES string of the molecule is CC(=O)c1ccc(N2CCC3N=C(C4=C(F)C=CCC4F)CC3C2)c(C)c1. The second-order valence-corrected chi connectivity index (χ2v) is 7.77. The van der Waals surface area contributed by atoms with Crippen molar-refractivity contribution in [2.24, 2.45) is 10.9 Å². The summed E-state index contributed by atoms with van der Waals surface area (Å²) >= 11 is 0. The van der Waals surface area contributed by atoms with Gasteiger partial charge < -0.3 is 4.90 Å². The first-order chi connectivity index (χ1) is 12.9. The Morgan fingerprint density at radius 3 is 2.85 bits per heavy atom. The standard InChI is InChI=1S/C22H24F2N2O/c1-13-10-15(14(2)27)6-7-21(13)26-9-8-19-16(12-26)11-20(25-19)22-17(23)4-3-5-18(22)24/h3-4,6-7,10,16,18-19H,5,8-9,11-12H2,1-2H3. The lowest BCUT2D eigenvalue weighted by Gasteiger charge is -2.36. The summed E-state index contributed by atoms with van der Waals surface area (Å²) in [5.74, 6) is -0.132. The van der Waals surface area contributed by atoms with Crippen LogP contribution in [-0.2, 0) is 0 Å². The maximum absolute atomic E-state index is 14.3. The summed E-state index contributed by atoms with van der Waals surface area (Å²) in [6, 6.07) is 5.96. The highest BCUT2D eigenvalue weighted by Gasteiger charge is 2.38. The maximum Gasteiger partial charge on any atom is 0.159 e. The van der Waals surface area contributed by atoms with Crippen molar-refractivity contribution in [3.05, 3.63) is 52.9 Å². The number of carbonyl (C=O) groups is 1. The first-order valence-electron chi connectivity index (χ1n) is 9.58. The molecule has 27 heavy (non-hydrogen) atoms. The van der Waals surface area contributed by atoms with Gasteiger partial charge in [-0.15, -0.1) is 0 Å². The van der Waals surface area contributed by atoms with Gasteiger partial charge in [-0.1, -0.05) is 6.08 Å². The van der Waals surface area contributed by atoms with Crippen LogP contribution in [0.1, 0.15) is 42.1 Å². The van der Waals surface area contributed by atoms with Crippen LogP contribution in [0.15, 0.2) is 46.7 Å². The van der Waals surface area contributed by atoms with E-state index in [9.17, 15) is 13.6 Å². The predicted molar refractivity (Wildman–Crippen MR) is 104 cm³/mol. The number of Topliss-reactive ketones (excluding diaryl/α,β-unsaturated/α-hetero) is 1. The summed E-state index contributed by atoms with van der Waals surface area (Å²) < 4.78 is 28.4. The van der Waals surface area contributed by atoms with Crippen molar-refractivity contribution in [2.45, 2.75) is 45.3 Å². The molecule has 3 atom stereocenters. The van der Waals surface area contributed by atoms with Crippen LogP contribution in [0.4, 0.5) is 14.5 Å². The number of ketones is 1. The fraction of sp³-hybridized carbons (Fsp3) is 0.455. The summed E-state index contributed by atoms with van der Waals surface area (Å²) in [6.07, 6.45) is 3.35. The van der Waals surface area contributed by atoms with E-state index in [2.05, 4.69) is 4.90 Å². The van der Waals surface area contributed by atoms with Gasteiger partial charge >= 0.3 is 0 Å². The van der Waals surface area contributed by atoms with E-state index in [1.54, 1.807) is 13.0 Å². The van der Waals surface area contributed by atoms with Crippen LogP contribution in [-0.4, -0.2) is 36.8 Å². The van der Waals surface area contributed by atoms with Crippen molar-refractivity contribution in [3.8, 4) is 0 Å². The van der Waals surface area contributed by atoms with Gasteiger partial charge in [0.1, 0.15) is 12.0 Å². The molecule has 3 unspecified atom stereocenters. The summed E-state index contributed by atoms with van der Waals surface area (Å²) in [5.41, 5.74) is 3.71. The first-order valence-corrected chi connectivity index (χ1v) is 9.58. The monoisotopic (exact) mass is 370 g/mol. The van der Waals surface area contributed by atoms with Gasteiger partial charge in [0.15, 0.2) is 5.78 Å². The molecule has 1 aromatic rings. The molecule has 0 bridgehead atoms. The molecule has 0 spiro atoms. The number of aryl methyl sites for hydroxylation is 1. The van der Waals surface area contributed by atoms with Crippen molar-refractivity contribution in [1.29, 1.82) is 0 Å². The van der Waals surface area contributed by atoms with E-state index in [1.807, 2.05) is 25.1 Å². The van der Waals surface area contributed by atoms with Crippen LogP contribution in [0.2, 0.25) is 0 Å². The number of anilines is 1. The van der Waals surface area contributed by atoms with Gasteiger partial charge in [0.25, 0.3) is 0 Å². The summed E-state index contributed by atoms with van der Waals surface area (Å²) in [7, 11) is 0. The molecule has 0 aromatic heterocycles. The Hall–Kier alpha value is -2.30. The molecule has 4 rings (SSSR count). The summed E-state index contributed by atoms with van der Waals surface area (Å²) in [6.45, 7) is 5.27. The Labute approximate surface area is 158 Å². The third kappa shape index (κ3) is 3.35. The Bertz CT molecular complexity index is 871. The smallest absolute Gasteiger partial charge is 0.159 e. The second-order valence-electron chi connectivity index (χ2n) is 7.77. The molecule has 5 heteroatoms. The van der Waals surface area contributed by atoms with Crippen molar-refractivity contribution in [3.63, 3.8) is 0 Å². The average molecular weight is 370 g/mol. The number of allylic oxidation sites excluding steroid dienone is 4. The number of fused-ring (bicyclic) bond motifs is 1. The molecule has 142 valence electrons. The lowest BCUT2D eigenvalue weighted by Crippen LogP contribution is -2.41. The van der Waals surface area contributed by atoms with Crippen LogP contribution < -0.4 is 4.90 Å². The van der Waals surface area contributed by atoms with Crippen molar-refractivity contribution >= 4 is 17.2 Å². The zero-order valence-electron chi connectivity index (χ0n) is 15.7. The van der Waals surface area contributed by atoms with E-state index in [1.165, 1.54) is 6.08 Å². The van der Waals surface area contributed by atoms with Gasteiger partial charge in [0, 0.05) is 48.0 Å². The van der Waals surface area contributed by atoms with Crippen LogP contribution >= 0.6 is 0 Å². The van der Waals surface area contributed by atoms with Gasteiger partial charge in [-0.2, -0.15) is 0 Å². The third-order valence-corrected chi connectivity index (χ3v) is 5.90. The maximum atomic E-state index is 14.3. The number of rotatable bonds is 3. The quantitative estimate of drug-likeness (QED) is 0.719. The zero-order chi connectivity index (χ0) is 19.1. The molecular weight excluding hydrogens is 346 g/mol. The van der Waals surface area contributed by atoms with E-state index in [0.717, 1.165) is 36.3 Å². The van der Waals surface area contributed by atoms with E-state index in [4.69, 9.17) is 4.99 Å². The predicted octanol–water partition coefficient (Wildman–Crippen LogP) is 4.76. The van der Waals surface area contributed by atoms with Gasteiger partial charge in [0.05, 0.1) is 6.04 Å². The van der Waals surface area contributed by atoms with E-state index in [-0.39, 0.29) is 29.7 Å². The Balaban J connectivity index is 1.51. The number of alkyl halides is 1. The van der Waals surface area contributed by atoms with Crippen LogP contribution in [0.25, 0.3) is 0 Å². The Kier molecular flexibility index (Phi) is 4.70. The lowest BCUT2D eigenvalue weighted by molar-refractivity contribution is 0.101. The number of hydrogen-bond donors (Lipinski definition) is 0. The van der Waals surface area contributed by atoms with Gasteiger partial charge in [-0.05, 0) is 56.5 Å². The highest BCUT2D eigenvalue weighted by Crippen LogP contribution is 2.37. The molecule has 0 amide bonds. The van der Waals surface area contributed by atoms with Gasteiger partial charge in [-0.25, -0.2) is 8.78 Å². The van der Waals surface area contributed by atoms with Gasteiger partial charge in [-0.3, -0.25) is 9.79 Å². The number of aliphatic imine (C=N–C) groups is 1. The molecule has 0 N–H and O–H groups in total. The molecule has 2 aliphatic heterocycles. The summed E-state index contributed by atoms with van der Waals surface area (Å²) in [5, 5.41) is 0. The molecule has 3 aliphatic rings. The number of halogens is 2. The number of benzene rings is 1. The topological polar surface area (TPSA) is 32.7 Å². The van der Waals surface area contributed by atoms with Crippen LogP contribution in [0, 0.1) is 12.8 Å². The highest BCUT2D eigenvalue weighted by atomic mass is 19.1. The Morgan fingerprint density at radius 1 is 1.33 bits per heavy atom. The molecule has 0 radical (unpaired) electrons. The number of piperidine rings is 1. The van der Waals surface area contributed by atoms with E-state index >= 15 is 0 Å². The minimum Gasteiger partial charge on any atom is -0.371 e. The molecule has 1 fully saturated rings. The average Bonchev–Trinajstić information content (AvgIpc) is 3.04. The number of nitrogens with zero attached hydrogens (tertiary/aromatic N) is 2. The molecular formula is C22H24F2N2O. The van der Waals surface area contributed by atoms with Crippen molar-refractivity contribution in [2.75, 3.05) is 18.0 Å². The minimum absolute atomic E-state index is 0.0646. The summed E-state index contributed by atoms with van der Waals surface area (Å²) in [4.78, 5) is 18.6. The fourth-order valence-electron chi connectivity index (χ4n) is 4.49. The Morgan fingerprint density at radius 2 is 2.15 bits per heavy atom. The highest BCUT2D eigenvalue weighted by molar-refractivity contribution is 6.03. The van der Waals surface area contributed by atoms with Crippen LogP contribution in [0.5, 0.6) is 0 Å². The first kappa shape index (κ1) is 18.1. The number of hydrogen-bond acceptors (Lipinski definition) is 3. The molecule has 2 heterocycles. The fourth-order valence-corrected chi connectivity index (χ4v) is 4.49. The third-order valence-electron chi connectivity index (χ3n) is 5.90.